The molecule has 4 nitrogen and oxygen atoms in total. The predicted molar refractivity (Wildman–Crippen MR) is 89.7 cm³/mol. The number of pyridine rings is 1. The normalized spacial score (nSPS) is 28.5. The molecule has 2 saturated heterocycles. The van der Waals surface area contributed by atoms with E-state index < -0.39 is 0 Å². The van der Waals surface area contributed by atoms with Crippen LogP contribution >= 0.6 is 0 Å². The number of fused-ring (bicyclic) bond motifs is 2. The minimum absolute atomic E-state index is 0.0635. The summed E-state index contributed by atoms with van der Waals surface area (Å²) in [6.45, 7) is 3.27. The van der Waals surface area contributed by atoms with Crippen LogP contribution < -0.4 is 0 Å². The Morgan fingerprint density at radius 3 is 2.88 bits per heavy atom. The van der Waals surface area contributed by atoms with E-state index in [2.05, 4.69) is 14.8 Å². The Morgan fingerprint density at radius 1 is 1.25 bits per heavy atom. The first-order valence-corrected chi connectivity index (χ1v) is 9.32. The summed E-state index contributed by atoms with van der Waals surface area (Å²) < 4.78 is 13.9. The van der Waals surface area contributed by atoms with Gasteiger partial charge in [-0.2, -0.15) is 0 Å². The summed E-state index contributed by atoms with van der Waals surface area (Å²) >= 11 is 0. The van der Waals surface area contributed by atoms with Crippen molar-refractivity contribution < 1.29 is 9.18 Å². The highest BCUT2D eigenvalue weighted by Gasteiger charge is 2.41. The van der Waals surface area contributed by atoms with Crippen LogP contribution in [0.25, 0.3) is 0 Å². The van der Waals surface area contributed by atoms with Gasteiger partial charge in [-0.3, -0.25) is 14.7 Å². The Balaban J connectivity index is 1.46. The quantitative estimate of drug-likeness (QED) is 0.851. The van der Waals surface area contributed by atoms with Gasteiger partial charge in [0, 0.05) is 31.4 Å². The van der Waals surface area contributed by atoms with E-state index in [9.17, 15) is 9.18 Å². The largest absolute Gasteiger partial charge is 0.341 e. The molecule has 0 aromatic carbocycles. The maximum Gasteiger partial charge on any atom is 0.239 e. The first kappa shape index (κ1) is 16.0. The molecule has 5 heteroatoms. The molecular formula is C19H26FN3O. The molecule has 2 bridgehead atoms. The number of hydrogen-bond acceptors (Lipinski definition) is 3. The number of rotatable bonds is 4. The molecule has 2 aliphatic heterocycles. The molecule has 0 N–H and O–H groups in total. The van der Waals surface area contributed by atoms with Gasteiger partial charge >= 0.3 is 0 Å². The molecule has 130 valence electrons. The van der Waals surface area contributed by atoms with Crippen LogP contribution in [0.5, 0.6) is 0 Å². The van der Waals surface area contributed by atoms with Crippen molar-refractivity contribution in [3.05, 3.63) is 29.8 Å². The Hall–Kier alpha value is -1.49. The zero-order chi connectivity index (χ0) is 16.5. The molecule has 3 fully saturated rings. The molecule has 3 aliphatic rings. The number of nitrogens with zero attached hydrogens (tertiary/aromatic N) is 3. The van der Waals surface area contributed by atoms with E-state index in [4.69, 9.17) is 0 Å². The fraction of sp³-hybridized carbons (Fsp3) is 0.684. The third kappa shape index (κ3) is 3.18. The second kappa shape index (κ2) is 6.79. The van der Waals surface area contributed by atoms with Gasteiger partial charge in [0.05, 0.1) is 12.2 Å². The third-order valence-corrected chi connectivity index (χ3v) is 6.08. The van der Waals surface area contributed by atoms with Gasteiger partial charge in [0.2, 0.25) is 5.91 Å². The third-order valence-electron chi connectivity index (χ3n) is 6.08. The number of amides is 1. The first-order valence-electron chi connectivity index (χ1n) is 9.32. The number of carbonyl (C=O) groups is 1. The van der Waals surface area contributed by atoms with Crippen molar-refractivity contribution in [2.45, 2.75) is 51.1 Å². The lowest BCUT2D eigenvalue weighted by molar-refractivity contribution is -0.146. The molecule has 1 saturated carbocycles. The van der Waals surface area contributed by atoms with Crippen LogP contribution in [0.1, 0.15) is 44.1 Å². The molecule has 1 aromatic rings. The monoisotopic (exact) mass is 331 g/mol. The zero-order valence-electron chi connectivity index (χ0n) is 14.2. The van der Waals surface area contributed by atoms with Crippen LogP contribution in [0.4, 0.5) is 4.39 Å². The molecule has 1 amide bonds. The van der Waals surface area contributed by atoms with Gasteiger partial charge in [-0.05, 0) is 50.1 Å². The Bertz CT molecular complexity index is 602. The molecule has 1 aliphatic carbocycles. The van der Waals surface area contributed by atoms with Crippen molar-refractivity contribution in [2.24, 2.45) is 11.8 Å². The topological polar surface area (TPSA) is 36.4 Å². The second-order valence-electron chi connectivity index (χ2n) is 7.74. The van der Waals surface area contributed by atoms with E-state index in [1.165, 1.54) is 31.9 Å². The highest BCUT2D eigenvalue weighted by molar-refractivity contribution is 5.83. The molecule has 24 heavy (non-hydrogen) atoms. The maximum atomic E-state index is 13.9. The Labute approximate surface area is 143 Å². The average molecular weight is 331 g/mol. The minimum Gasteiger partial charge on any atom is -0.341 e. The zero-order valence-corrected chi connectivity index (χ0v) is 14.2. The van der Waals surface area contributed by atoms with Crippen molar-refractivity contribution in [1.82, 2.24) is 14.8 Å². The fourth-order valence-electron chi connectivity index (χ4n) is 4.73. The summed E-state index contributed by atoms with van der Waals surface area (Å²) in [7, 11) is 0. The fourth-order valence-corrected chi connectivity index (χ4v) is 4.73. The summed E-state index contributed by atoms with van der Waals surface area (Å²) in [4.78, 5) is 21.1. The lowest BCUT2D eigenvalue weighted by Gasteiger charge is -2.47. The van der Waals surface area contributed by atoms with E-state index in [1.807, 2.05) is 0 Å². The summed E-state index contributed by atoms with van der Waals surface area (Å²) in [5, 5.41) is 0. The van der Waals surface area contributed by atoms with Crippen LogP contribution in [-0.4, -0.2) is 46.4 Å². The van der Waals surface area contributed by atoms with Crippen molar-refractivity contribution in [1.29, 1.82) is 0 Å². The van der Waals surface area contributed by atoms with Crippen LogP contribution in [0.15, 0.2) is 18.5 Å². The Kier molecular flexibility index (Phi) is 4.53. The van der Waals surface area contributed by atoms with Crippen molar-refractivity contribution >= 4 is 5.91 Å². The van der Waals surface area contributed by atoms with Gasteiger partial charge in [-0.1, -0.05) is 12.8 Å². The van der Waals surface area contributed by atoms with Crippen molar-refractivity contribution in [2.75, 3.05) is 19.6 Å². The molecule has 0 spiro atoms. The lowest BCUT2D eigenvalue weighted by atomic mass is 9.85. The molecule has 4 rings (SSSR count). The van der Waals surface area contributed by atoms with E-state index >= 15 is 0 Å². The summed E-state index contributed by atoms with van der Waals surface area (Å²) in [6.07, 6.45) is 10.1. The van der Waals surface area contributed by atoms with E-state index in [-0.39, 0.29) is 17.8 Å². The number of halogens is 1. The van der Waals surface area contributed by atoms with Gasteiger partial charge in [0.1, 0.15) is 5.82 Å². The summed E-state index contributed by atoms with van der Waals surface area (Å²) in [5.41, 5.74) is 0.643. The highest BCUT2D eigenvalue weighted by atomic mass is 19.1. The van der Waals surface area contributed by atoms with E-state index in [1.54, 1.807) is 12.3 Å². The minimum atomic E-state index is -0.273. The van der Waals surface area contributed by atoms with Gasteiger partial charge in [0.15, 0.2) is 0 Å². The number of likely N-dealkylation sites (tertiary alicyclic amines) is 2. The molecular weight excluding hydrogens is 305 g/mol. The summed E-state index contributed by atoms with van der Waals surface area (Å²) in [6, 6.07) is 1.66. The average Bonchev–Trinajstić information content (AvgIpc) is 3.09. The summed E-state index contributed by atoms with van der Waals surface area (Å²) in [5.74, 6) is 1.31. The maximum absolute atomic E-state index is 13.9. The highest BCUT2D eigenvalue weighted by Crippen LogP contribution is 2.33. The lowest BCUT2D eigenvalue weighted by Crippen LogP contribution is -2.59. The van der Waals surface area contributed by atoms with Gasteiger partial charge in [0.25, 0.3) is 0 Å². The number of aromatic nitrogens is 1. The van der Waals surface area contributed by atoms with E-state index in [0.29, 0.717) is 23.9 Å². The number of piperidine rings is 2. The molecule has 0 radical (unpaired) electrons. The molecule has 0 unspecified atom stereocenters. The number of hydrogen-bond donors (Lipinski definition) is 0. The first-order chi connectivity index (χ1) is 11.7. The van der Waals surface area contributed by atoms with E-state index in [0.717, 1.165) is 32.5 Å². The van der Waals surface area contributed by atoms with Crippen LogP contribution in [0, 0.1) is 17.7 Å². The SMILES string of the molecule is O=C1[C@H]2C[C@H](CCN2Cc2ccncc2F)CN1CC1CCCC1. The smallest absolute Gasteiger partial charge is 0.239 e. The van der Waals surface area contributed by atoms with Crippen LogP contribution in [0.2, 0.25) is 0 Å². The van der Waals surface area contributed by atoms with Crippen molar-refractivity contribution in [3.8, 4) is 0 Å². The molecule has 1 aromatic heterocycles. The Morgan fingerprint density at radius 2 is 2.08 bits per heavy atom. The molecule has 2 atom stereocenters. The van der Waals surface area contributed by atoms with Crippen molar-refractivity contribution in [3.63, 3.8) is 0 Å². The predicted octanol–water partition coefficient (Wildman–Crippen LogP) is 2.83. The standard InChI is InChI=1S/C19H26FN3O/c20-17-10-21-7-5-16(17)13-22-8-6-15-9-18(22)19(24)23(12-15)11-14-3-1-2-4-14/h5,7,10,14-15,18H,1-4,6,8-9,11-13H2/t15-,18+/m0/s1. The van der Waals surface area contributed by atoms with Gasteiger partial charge < -0.3 is 4.90 Å². The van der Waals surface area contributed by atoms with Gasteiger partial charge in [-0.15, -0.1) is 0 Å². The van der Waals surface area contributed by atoms with Crippen LogP contribution in [0.3, 0.4) is 0 Å². The van der Waals surface area contributed by atoms with Gasteiger partial charge in [-0.25, -0.2) is 4.39 Å². The number of carbonyl (C=O) groups excluding carboxylic acids is 1. The second-order valence-corrected chi connectivity index (χ2v) is 7.74. The molecule has 3 heterocycles. The van der Waals surface area contributed by atoms with Crippen LogP contribution in [-0.2, 0) is 11.3 Å².